The molecule has 1 unspecified atom stereocenters. The van der Waals surface area contributed by atoms with Crippen molar-refractivity contribution in [2.75, 3.05) is 7.11 Å². The third-order valence-electron chi connectivity index (χ3n) is 1.02. The molecule has 0 aliphatic rings. The van der Waals surface area contributed by atoms with Gasteiger partial charge in [0.05, 0.1) is 0 Å². The van der Waals surface area contributed by atoms with Gasteiger partial charge in [0.1, 0.15) is 0 Å². The van der Waals surface area contributed by atoms with E-state index >= 15 is 0 Å². The van der Waals surface area contributed by atoms with E-state index in [1.165, 1.54) is 0 Å². The van der Waals surface area contributed by atoms with Crippen molar-refractivity contribution in [2.24, 2.45) is 0 Å². The summed E-state index contributed by atoms with van der Waals surface area (Å²) in [6, 6.07) is 1.05. The summed E-state index contributed by atoms with van der Waals surface area (Å²) in [4.78, 5) is 0. The zero-order valence-electron chi connectivity index (χ0n) is 6.68. The van der Waals surface area contributed by atoms with Gasteiger partial charge in [-0.3, -0.25) is 0 Å². The monoisotopic (exact) mass is 148 g/mol. The first-order chi connectivity index (χ1) is 4.20. The molecule has 0 amide bonds. The minimum Gasteiger partial charge on any atom is -0.400 e. The Morgan fingerprint density at radius 1 is 1.44 bits per heavy atom. The van der Waals surface area contributed by atoms with E-state index in [0.717, 1.165) is 6.04 Å². The average molecular weight is 148 g/mol. The number of rotatable bonds is 4. The molecule has 56 valence electrons. The van der Waals surface area contributed by atoms with Crippen molar-refractivity contribution in [3.05, 3.63) is 0 Å². The highest BCUT2D eigenvalue weighted by Crippen LogP contribution is 1.98. The first kappa shape index (κ1) is 9.14. The Morgan fingerprint density at radius 2 is 2.00 bits per heavy atom. The van der Waals surface area contributed by atoms with Gasteiger partial charge in [-0.15, -0.1) is 0 Å². The van der Waals surface area contributed by atoms with Crippen LogP contribution in [0.3, 0.4) is 0 Å². The van der Waals surface area contributed by atoms with Gasteiger partial charge in [-0.2, -0.15) is 0 Å². The Labute approximate surface area is 59.0 Å². The summed E-state index contributed by atoms with van der Waals surface area (Å²) in [5.74, 6) is 0. The number of hydrogen-bond acceptors (Lipinski definition) is 2. The molecule has 0 aliphatic carbocycles. The van der Waals surface area contributed by atoms with Crippen LogP contribution < -0.4 is 0 Å². The highest BCUT2D eigenvalue weighted by atomic mass is 28.3. The fourth-order valence-electron chi connectivity index (χ4n) is 0.622. The zero-order valence-corrected chi connectivity index (χ0v) is 7.83. The van der Waals surface area contributed by atoms with E-state index in [0.29, 0.717) is 6.10 Å². The Hall–Kier alpha value is 0.137. The Balaban J connectivity index is 3.31. The third-order valence-corrected chi connectivity index (χ3v) is 3.06. The molecule has 0 fully saturated rings. The van der Waals surface area contributed by atoms with Gasteiger partial charge in [0.25, 0.3) is 0 Å². The lowest BCUT2D eigenvalue weighted by molar-refractivity contribution is 0.179. The predicted molar refractivity (Wildman–Crippen MR) is 40.9 cm³/mol. The summed E-state index contributed by atoms with van der Waals surface area (Å²) in [5, 5.41) is 0. The second-order valence-corrected chi connectivity index (χ2v) is 4.68. The van der Waals surface area contributed by atoms with E-state index in [-0.39, 0.29) is 0 Å². The molecule has 0 aromatic heterocycles. The minimum absolute atomic E-state index is 0.321. The van der Waals surface area contributed by atoms with Crippen molar-refractivity contribution in [3.8, 4) is 0 Å². The van der Waals surface area contributed by atoms with E-state index in [1.807, 2.05) is 13.8 Å². The maximum atomic E-state index is 5.47. The molecule has 1 atom stereocenters. The molecule has 0 aliphatic heterocycles. The summed E-state index contributed by atoms with van der Waals surface area (Å²) in [7, 11) is 0.475. The van der Waals surface area contributed by atoms with Crippen molar-refractivity contribution in [1.82, 2.24) is 0 Å². The highest BCUT2D eigenvalue weighted by Gasteiger charge is 2.08. The fourth-order valence-corrected chi connectivity index (χ4v) is 1.87. The topological polar surface area (TPSA) is 18.5 Å². The lowest BCUT2D eigenvalue weighted by atomic mass is 10.5. The van der Waals surface area contributed by atoms with Crippen LogP contribution in [0.2, 0.25) is 6.04 Å². The lowest BCUT2D eigenvalue weighted by Crippen LogP contribution is -2.23. The van der Waals surface area contributed by atoms with E-state index in [9.17, 15) is 0 Å². The molecule has 0 radical (unpaired) electrons. The maximum absolute atomic E-state index is 5.47. The van der Waals surface area contributed by atoms with Gasteiger partial charge in [-0.05, 0) is 19.9 Å². The van der Waals surface area contributed by atoms with Crippen LogP contribution in [0.5, 0.6) is 0 Å². The quantitative estimate of drug-likeness (QED) is 0.559. The Kier molecular flexibility index (Phi) is 5.04. The van der Waals surface area contributed by atoms with Crippen molar-refractivity contribution >= 4 is 9.28 Å². The van der Waals surface area contributed by atoms with Crippen LogP contribution in [0.15, 0.2) is 0 Å². The van der Waals surface area contributed by atoms with Crippen LogP contribution >= 0.6 is 0 Å². The number of hydrogen-bond donors (Lipinski definition) is 0. The Morgan fingerprint density at radius 3 is 2.11 bits per heavy atom. The van der Waals surface area contributed by atoms with Crippen LogP contribution in [0.25, 0.3) is 0 Å². The molecule has 0 saturated carbocycles. The normalized spacial score (nSPS) is 14.3. The van der Waals surface area contributed by atoms with E-state index in [4.69, 9.17) is 8.85 Å². The first-order valence-corrected chi connectivity index (χ1v) is 5.14. The molecule has 0 bridgehead atoms. The summed E-state index contributed by atoms with van der Waals surface area (Å²) >= 11 is 0. The summed E-state index contributed by atoms with van der Waals surface area (Å²) in [6.45, 7) is 6.17. The summed E-state index contributed by atoms with van der Waals surface area (Å²) in [6.07, 6.45) is 0.321. The molecular weight excluding hydrogens is 132 g/mol. The van der Waals surface area contributed by atoms with Crippen molar-refractivity contribution in [1.29, 1.82) is 0 Å². The van der Waals surface area contributed by atoms with Gasteiger partial charge in [-0.25, -0.2) is 0 Å². The van der Waals surface area contributed by atoms with Crippen molar-refractivity contribution in [2.45, 2.75) is 32.9 Å². The van der Waals surface area contributed by atoms with Crippen LogP contribution in [-0.4, -0.2) is 22.5 Å². The molecule has 0 aromatic rings. The molecule has 0 spiro atoms. The molecular formula is C6H16O2Si. The molecule has 3 heteroatoms. The van der Waals surface area contributed by atoms with E-state index in [2.05, 4.69) is 6.92 Å². The zero-order chi connectivity index (χ0) is 7.28. The van der Waals surface area contributed by atoms with Gasteiger partial charge < -0.3 is 8.85 Å². The molecule has 0 rings (SSSR count). The standard InChI is InChI=1S/C6H16O2Si/c1-5-9(7-4)8-6(2)3/h6,9H,5H2,1-4H3. The van der Waals surface area contributed by atoms with Crippen LogP contribution in [0, 0.1) is 0 Å². The molecule has 0 N–H and O–H groups in total. The van der Waals surface area contributed by atoms with Crippen molar-refractivity contribution < 1.29 is 8.85 Å². The third kappa shape index (κ3) is 4.63. The van der Waals surface area contributed by atoms with Gasteiger partial charge in [-0.1, -0.05) is 6.92 Å². The smallest absolute Gasteiger partial charge is 0.321 e. The molecule has 0 saturated heterocycles. The molecule has 0 aromatic carbocycles. The average Bonchev–Trinajstić information content (AvgIpc) is 1.82. The van der Waals surface area contributed by atoms with Crippen LogP contribution in [0.4, 0.5) is 0 Å². The SMILES string of the molecule is CC[SiH](OC)OC(C)C. The molecule has 2 nitrogen and oxygen atoms in total. The molecule has 9 heavy (non-hydrogen) atoms. The van der Waals surface area contributed by atoms with Crippen LogP contribution in [0.1, 0.15) is 20.8 Å². The molecule has 0 heterocycles. The summed E-state index contributed by atoms with van der Waals surface area (Å²) in [5.41, 5.74) is 0. The van der Waals surface area contributed by atoms with Gasteiger partial charge in [0.15, 0.2) is 0 Å². The van der Waals surface area contributed by atoms with Crippen LogP contribution in [-0.2, 0) is 8.85 Å². The first-order valence-electron chi connectivity index (χ1n) is 3.39. The Bertz CT molecular complexity index is 62.1. The maximum Gasteiger partial charge on any atom is 0.321 e. The highest BCUT2D eigenvalue weighted by molar-refractivity contribution is 6.44. The van der Waals surface area contributed by atoms with Crippen molar-refractivity contribution in [3.63, 3.8) is 0 Å². The second kappa shape index (κ2) is 4.96. The fraction of sp³-hybridized carbons (Fsp3) is 1.00. The van der Waals surface area contributed by atoms with Gasteiger partial charge >= 0.3 is 9.28 Å². The largest absolute Gasteiger partial charge is 0.400 e. The van der Waals surface area contributed by atoms with E-state index in [1.54, 1.807) is 7.11 Å². The summed E-state index contributed by atoms with van der Waals surface area (Å²) < 4.78 is 10.6. The minimum atomic E-state index is -1.25. The predicted octanol–water partition coefficient (Wildman–Crippen LogP) is 1.30. The van der Waals surface area contributed by atoms with E-state index < -0.39 is 9.28 Å². The van der Waals surface area contributed by atoms with Gasteiger partial charge in [0, 0.05) is 13.2 Å². The lowest BCUT2D eigenvalue weighted by Gasteiger charge is -2.14. The van der Waals surface area contributed by atoms with Gasteiger partial charge in [0.2, 0.25) is 0 Å². The second-order valence-electron chi connectivity index (χ2n) is 2.26.